The Kier molecular flexibility index (Phi) is 3.40. The molecule has 1 aliphatic carbocycles. The van der Waals surface area contributed by atoms with Crippen molar-refractivity contribution in [2.45, 2.75) is 25.4 Å². The number of imidazole rings is 1. The number of nitrogens with zero attached hydrogens (tertiary/aromatic N) is 4. The summed E-state index contributed by atoms with van der Waals surface area (Å²) in [6, 6.07) is 1.26. The Morgan fingerprint density at radius 2 is 2.14 bits per heavy atom. The predicted molar refractivity (Wildman–Crippen MR) is 70.3 cm³/mol. The molecule has 0 aliphatic heterocycles. The third-order valence-electron chi connectivity index (χ3n) is 3.56. The molecule has 1 aliphatic rings. The van der Waals surface area contributed by atoms with Gasteiger partial charge < -0.3 is 9.47 Å². The number of aromatic nitrogens is 3. The van der Waals surface area contributed by atoms with Crippen LogP contribution in [0.25, 0.3) is 0 Å². The molecule has 110 valence electrons. The molecule has 1 saturated carbocycles. The van der Waals surface area contributed by atoms with Crippen molar-refractivity contribution in [3.63, 3.8) is 0 Å². The van der Waals surface area contributed by atoms with Gasteiger partial charge >= 0.3 is 0 Å². The lowest BCUT2D eigenvalue weighted by Gasteiger charge is -2.22. The van der Waals surface area contributed by atoms with E-state index in [1.165, 1.54) is 6.07 Å². The number of carbonyl (C=O) groups excluding carboxylic acids is 1. The molecule has 21 heavy (non-hydrogen) atoms. The molecule has 5 nitrogen and oxygen atoms in total. The van der Waals surface area contributed by atoms with E-state index in [9.17, 15) is 13.6 Å². The zero-order valence-electron chi connectivity index (χ0n) is 11.5. The summed E-state index contributed by atoms with van der Waals surface area (Å²) in [5.41, 5.74) is -0.288. The number of halogens is 2. The third kappa shape index (κ3) is 2.63. The van der Waals surface area contributed by atoms with Gasteiger partial charge in [0, 0.05) is 31.7 Å². The van der Waals surface area contributed by atoms with Gasteiger partial charge in [0.1, 0.15) is 5.82 Å². The average molecular weight is 292 g/mol. The number of carbonyl (C=O) groups is 1. The Morgan fingerprint density at radius 1 is 1.38 bits per heavy atom. The van der Waals surface area contributed by atoms with E-state index in [0.717, 1.165) is 19.0 Å². The van der Waals surface area contributed by atoms with Crippen LogP contribution < -0.4 is 0 Å². The molecule has 0 aromatic carbocycles. The van der Waals surface area contributed by atoms with Crippen LogP contribution in [0.3, 0.4) is 0 Å². The first kappa shape index (κ1) is 13.7. The molecule has 7 heteroatoms. The molecule has 2 heterocycles. The molecule has 0 radical (unpaired) electrons. The van der Waals surface area contributed by atoms with Gasteiger partial charge in [0.05, 0.1) is 12.1 Å². The highest BCUT2D eigenvalue weighted by atomic mass is 19.2. The summed E-state index contributed by atoms with van der Waals surface area (Å²) in [4.78, 5) is 21.4. The van der Waals surface area contributed by atoms with Gasteiger partial charge in [-0.15, -0.1) is 0 Å². The molecule has 2 aromatic rings. The number of aryl methyl sites for hydroxylation is 1. The summed E-state index contributed by atoms with van der Waals surface area (Å²) in [7, 11) is 1.82. The molecule has 0 bridgehead atoms. The summed E-state index contributed by atoms with van der Waals surface area (Å²) in [6.45, 7) is 0.274. The van der Waals surface area contributed by atoms with Crippen LogP contribution in [0.4, 0.5) is 8.78 Å². The van der Waals surface area contributed by atoms with Gasteiger partial charge in [-0.1, -0.05) is 0 Å². The molecular formula is C14H14F2N4O. The molecule has 1 amide bonds. The van der Waals surface area contributed by atoms with Crippen molar-refractivity contribution in [1.82, 2.24) is 19.4 Å². The van der Waals surface area contributed by atoms with Crippen LogP contribution in [0.5, 0.6) is 0 Å². The summed E-state index contributed by atoms with van der Waals surface area (Å²) in [6.07, 6.45) is 6.24. The maximum atomic E-state index is 13.7. The largest absolute Gasteiger partial charge is 0.337 e. The molecule has 0 atom stereocenters. The van der Waals surface area contributed by atoms with Crippen LogP contribution in [-0.2, 0) is 13.6 Å². The summed E-state index contributed by atoms with van der Waals surface area (Å²) in [5, 5.41) is 0. The topological polar surface area (TPSA) is 51.0 Å². The average Bonchev–Trinajstić information content (AvgIpc) is 3.22. The van der Waals surface area contributed by atoms with Gasteiger partial charge in [0.25, 0.3) is 5.91 Å². The van der Waals surface area contributed by atoms with E-state index in [2.05, 4.69) is 9.97 Å². The highest BCUT2D eigenvalue weighted by molar-refractivity contribution is 5.94. The zero-order chi connectivity index (χ0) is 15.0. The van der Waals surface area contributed by atoms with Crippen LogP contribution in [0.15, 0.2) is 24.7 Å². The third-order valence-corrected chi connectivity index (χ3v) is 3.56. The number of rotatable bonds is 4. The van der Waals surface area contributed by atoms with Crippen molar-refractivity contribution < 1.29 is 13.6 Å². The molecule has 0 spiro atoms. The maximum Gasteiger partial charge on any atom is 0.257 e. The molecular weight excluding hydrogens is 278 g/mol. The molecule has 0 N–H and O–H groups in total. The lowest BCUT2D eigenvalue weighted by Crippen LogP contribution is -2.34. The van der Waals surface area contributed by atoms with E-state index in [4.69, 9.17) is 0 Å². The van der Waals surface area contributed by atoms with E-state index in [1.54, 1.807) is 21.9 Å². The smallest absolute Gasteiger partial charge is 0.257 e. The van der Waals surface area contributed by atoms with Crippen molar-refractivity contribution in [3.05, 3.63) is 47.8 Å². The van der Waals surface area contributed by atoms with E-state index in [-0.39, 0.29) is 18.2 Å². The minimum atomic E-state index is -1.26. The van der Waals surface area contributed by atoms with Crippen LogP contribution in [0, 0.1) is 11.8 Å². The Balaban J connectivity index is 1.89. The second kappa shape index (κ2) is 5.23. The minimum absolute atomic E-state index is 0.0600. The normalized spacial score (nSPS) is 14.2. The molecule has 0 saturated heterocycles. The standard InChI is InChI=1S/C14H14F2N4O/c1-19-7-6-17-11(19)8-20(9-2-3-9)14(21)10-4-5-18-13(16)12(10)15/h4-7,9H,2-3,8H2,1H3. The number of hydrogen-bond acceptors (Lipinski definition) is 3. The van der Waals surface area contributed by atoms with Gasteiger partial charge in [0.2, 0.25) is 5.95 Å². The first-order chi connectivity index (χ1) is 10.1. The van der Waals surface area contributed by atoms with Gasteiger partial charge in [-0.05, 0) is 18.9 Å². The van der Waals surface area contributed by atoms with Gasteiger partial charge in [0.15, 0.2) is 5.82 Å². The van der Waals surface area contributed by atoms with Crippen molar-refractivity contribution in [2.24, 2.45) is 7.05 Å². The molecule has 0 unspecified atom stereocenters. The zero-order valence-corrected chi connectivity index (χ0v) is 11.5. The lowest BCUT2D eigenvalue weighted by molar-refractivity contribution is 0.0717. The second-order valence-electron chi connectivity index (χ2n) is 5.08. The first-order valence-corrected chi connectivity index (χ1v) is 6.65. The predicted octanol–water partition coefficient (Wildman–Crippen LogP) is 1.90. The number of pyridine rings is 1. The van der Waals surface area contributed by atoms with Crippen LogP contribution in [-0.4, -0.2) is 31.4 Å². The molecule has 3 rings (SSSR count). The van der Waals surface area contributed by atoms with Gasteiger partial charge in [-0.2, -0.15) is 4.39 Å². The van der Waals surface area contributed by atoms with Crippen LogP contribution in [0.1, 0.15) is 29.0 Å². The van der Waals surface area contributed by atoms with E-state index in [0.29, 0.717) is 5.82 Å². The summed E-state index contributed by atoms with van der Waals surface area (Å²) in [5.74, 6) is -2.29. The Bertz CT molecular complexity index is 681. The maximum absolute atomic E-state index is 13.7. The van der Waals surface area contributed by atoms with Crippen molar-refractivity contribution in [3.8, 4) is 0 Å². The summed E-state index contributed by atoms with van der Waals surface area (Å²) < 4.78 is 28.7. The second-order valence-corrected chi connectivity index (χ2v) is 5.08. The highest BCUT2D eigenvalue weighted by Gasteiger charge is 2.35. The van der Waals surface area contributed by atoms with E-state index < -0.39 is 17.7 Å². The quantitative estimate of drug-likeness (QED) is 0.809. The molecule has 1 fully saturated rings. The van der Waals surface area contributed by atoms with Crippen molar-refractivity contribution in [1.29, 1.82) is 0 Å². The van der Waals surface area contributed by atoms with Crippen molar-refractivity contribution >= 4 is 5.91 Å². The van der Waals surface area contributed by atoms with E-state index >= 15 is 0 Å². The Labute approximate surface area is 120 Å². The van der Waals surface area contributed by atoms with Crippen molar-refractivity contribution in [2.75, 3.05) is 0 Å². The fraction of sp³-hybridized carbons (Fsp3) is 0.357. The van der Waals surface area contributed by atoms with Crippen LogP contribution in [0.2, 0.25) is 0 Å². The monoisotopic (exact) mass is 292 g/mol. The fourth-order valence-corrected chi connectivity index (χ4v) is 2.19. The first-order valence-electron chi connectivity index (χ1n) is 6.65. The van der Waals surface area contributed by atoms with E-state index in [1.807, 2.05) is 7.05 Å². The highest BCUT2D eigenvalue weighted by Crippen LogP contribution is 2.30. The fourth-order valence-electron chi connectivity index (χ4n) is 2.19. The Hall–Kier alpha value is -2.31. The van der Waals surface area contributed by atoms with Crippen LogP contribution >= 0.6 is 0 Å². The minimum Gasteiger partial charge on any atom is -0.337 e. The summed E-state index contributed by atoms with van der Waals surface area (Å²) >= 11 is 0. The van der Waals surface area contributed by atoms with Gasteiger partial charge in [-0.3, -0.25) is 4.79 Å². The number of hydrogen-bond donors (Lipinski definition) is 0. The number of amides is 1. The Morgan fingerprint density at radius 3 is 2.76 bits per heavy atom. The SMILES string of the molecule is Cn1ccnc1CN(C(=O)c1ccnc(F)c1F)C1CC1. The van der Waals surface area contributed by atoms with Gasteiger partial charge in [-0.25, -0.2) is 14.4 Å². The lowest BCUT2D eigenvalue weighted by atomic mass is 10.2. The molecule has 2 aromatic heterocycles.